The molecule has 8 nitrogen and oxygen atoms in total. The summed E-state index contributed by atoms with van der Waals surface area (Å²) in [7, 11) is 0. The molecule has 0 fully saturated rings. The van der Waals surface area contributed by atoms with Gasteiger partial charge in [0, 0.05) is 37.3 Å². The lowest BCUT2D eigenvalue weighted by molar-refractivity contribution is 0.122. The van der Waals surface area contributed by atoms with Crippen LogP contribution < -0.4 is 5.56 Å². The predicted octanol–water partition coefficient (Wildman–Crippen LogP) is 3.65. The van der Waals surface area contributed by atoms with Gasteiger partial charge in [0.1, 0.15) is 0 Å². The molecule has 35 heavy (non-hydrogen) atoms. The summed E-state index contributed by atoms with van der Waals surface area (Å²) in [5.41, 5.74) is 3.79. The molecule has 0 aliphatic carbocycles. The number of nitrogens with one attached hydrogen (secondary N) is 1. The number of aliphatic hydroxyl groups is 1. The molecule has 0 aliphatic rings. The number of aromatic amines is 1. The monoisotopic (exact) mass is 474 g/mol. The SMILES string of the molecule is Cc1ccc2[nH]c(=O)c(CN(CCCO)[C@H](c3nnnn3CCc3ccccc3)C(C)C)cc2c1. The molecule has 0 saturated heterocycles. The van der Waals surface area contributed by atoms with E-state index in [2.05, 4.69) is 57.5 Å². The van der Waals surface area contributed by atoms with Crippen molar-refractivity contribution in [3.05, 3.63) is 87.5 Å². The van der Waals surface area contributed by atoms with Gasteiger partial charge in [-0.15, -0.1) is 5.10 Å². The molecule has 0 saturated carbocycles. The van der Waals surface area contributed by atoms with Crippen molar-refractivity contribution in [3.63, 3.8) is 0 Å². The Hall–Kier alpha value is -3.36. The Morgan fingerprint density at radius 2 is 1.91 bits per heavy atom. The maximum Gasteiger partial charge on any atom is 0.252 e. The van der Waals surface area contributed by atoms with Crippen LogP contribution in [0, 0.1) is 12.8 Å². The summed E-state index contributed by atoms with van der Waals surface area (Å²) in [6, 6.07) is 18.2. The predicted molar refractivity (Wildman–Crippen MR) is 137 cm³/mol. The molecule has 0 aliphatic heterocycles. The van der Waals surface area contributed by atoms with Gasteiger partial charge in [0.2, 0.25) is 0 Å². The normalized spacial score (nSPS) is 12.6. The topological polar surface area (TPSA) is 99.9 Å². The highest BCUT2D eigenvalue weighted by atomic mass is 16.3. The quantitative estimate of drug-likeness (QED) is 0.344. The number of nitrogens with zero attached hydrogens (tertiary/aromatic N) is 5. The van der Waals surface area contributed by atoms with Crippen LogP contribution in [0.3, 0.4) is 0 Å². The van der Waals surface area contributed by atoms with Gasteiger partial charge < -0.3 is 10.1 Å². The van der Waals surface area contributed by atoms with E-state index in [1.165, 1.54) is 5.56 Å². The Bertz CT molecular complexity index is 1300. The van der Waals surface area contributed by atoms with Crippen molar-refractivity contribution in [2.75, 3.05) is 13.2 Å². The molecule has 184 valence electrons. The highest BCUT2D eigenvalue weighted by molar-refractivity contribution is 5.79. The van der Waals surface area contributed by atoms with Crippen molar-refractivity contribution in [3.8, 4) is 0 Å². The number of tetrazole rings is 1. The lowest BCUT2D eigenvalue weighted by Crippen LogP contribution is -2.36. The molecule has 0 amide bonds. The second-order valence-corrected chi connectivity index (χ2v) is 9.45. The van der Waals surface area contributed by atoms with Gasteiger partial charge in [-0.1, -0.05) is 55.8 Å². The number of aliphatic hydroxyl groups excluding tert-OH is 1. The maximum atomic E-state index is 13.0. The largest absolute Gasteiger partial charge is 0.396 e. The Labute approximate surface area is 205 Å². The standard InChI is InChI=1S/C27H34N6O2/c1-19(2)25(26-29-30-31-33(26)14-12-21-8-5-4-6-9-21)32(13-7-15-34)18-23-17-22-16-20(3)10-11-24(22)28-27(23)35/h4-6,8-11,16-17,19,25,34H,7,12-15,18H2,1-3H3,(H,28,35)/t25-/m0/s1. The minimum atomic E-state index is -0.111. The number of fused-ring (bicyclic) bond motifs is 1. The third kappa shape index (κ3) is 6.01. The minimum absolute atomic E-state index is 0.0769. The molecule has 0 bridgehead atoms. The maximum absolute atomic E-state index is 13.0. The number of aromatic nitrogens is 5. The lowest BCUT2D eigenvalue weighted by atomic mass is 10.00. The van der Waals surface area contributed by atoms with Gasteiger partial charge in [-0.2, -0.15) is 0 Å². The zero-order valence-corrected chi connectivity index (χ0v) is 20.7. The highest BCUT2D eigenvalue weighted by Crippen LogP contribution is 2.29. The average molecular weight is 475 g/mol. The number of hydrogen-bond acceptors (Lipinski definition) is 6. The fraction of sp³-hybridized carbons (Fsp3) is 0.407. The van der Waals surface area contributed by atoms with Crippen molar-refractivity contribution >= 4 is 10.9 Å². The molecule has 4 aromatic rings. The summed E-state index contributed by atoms with van der Waals surface area (Å²) < 4.78 is 1.87. The van der Waals surface area contributed by atoms with Gasteiger partial charge in [-0.05, 0) is 65.3 Å². The number of H-pyrrole nitrogens is 1. The van der Waals surface area contributed by atoms with E-state index in [9.17, 15) is 9.90 Å². The second kappa shape index (κ2) is 11.4. The van der Waals surface area contributed by atoms with Crippen LogP contribution in [-0.2, 0) is 19.5 Å². The van der Waals surface area contributed by atoms with Crippen molar-refractivity contribution < 1.29 is 5.11 Å². The average Bonchev–Trinajstić information content (AvgIpc) is 3.30. The number of benzene rings is 2. The van der Waals surface area contributed by atoms with E-state index in [0.29, 0.717) is 31.6 Å². The van der Waals surface area contributed by atoms with Gasteiger partial charge in [0.25, 0.3) is 5.56 Å². The van der Waals surface area contributed by atoms with E-state index >= 15 is 0 Å². The van der Waals surface area contributed by atoms with Crippen molar-refractivity contribution in [1.29, 1.82) is 0 Å². The van der Waals surface area contributed by atoms with E-state index < -0.39 is 0 Å². The first-order chi connectivity index (χ1) is 17.0. The lowest BCUT2D eigenvalue weighted by Gasteiger charge is -2.33. The van der Waals surface area contributed by atoms with Crippen LogP contribution in [0.5, 0.6) is 0 Å². The molecule has 1 atom stereocenters. The summed E-state index contributed by atoms with van der Waals surface area (Å²) in [6.45, 7) is 8.13. The summed E-state index contributed by atoms with van der Waals surface area (Å²) >= 11 is 0. The fourth-order valence-corrected chi connectivity index (χ4v) is 4.64. The third-order valence-corrected chi connectivity index (χ3v) is 6.36. The summed E-state index contributed by atoms with van der Waals surface area (Å²) in [6.07, 6.45) is 1.42. The molecular weight excluding hydrogens is 440 g/mol. The molecule has 0 unspecified atom stereocenters. The van der Waals surface area contributed by atoms with Crippen molar-refractivity contribution in [2.45, 2.75) is 52.7 Å². The van der Waals surface area contributed by atoms with E-state index in [1.54, 1.807) is 0 Å². The Kier molecular flexibility index (Phi) is 8.05. The first-order valence-corrected chi connectivity index (χ1v) is 12.2. The molecule has 2 aromatic heterocycles. The number of aryl methyl sites for hydroxylation is 3. The summed E-state index contributed by atoms with van der Waals surface area (Å²) in [5.74, 6) is 0.971. The van der Waals surface area contributed by atoms with Crippen LogP contribution in [0.15, 0.2) is 59.4 Å². The van der Waals surface area contributed by atoms with Crippen LogP contribution in [0.2, 0.25) is 0 Å². The van der Waals surface area contributed by atoms with Crippen LogP contribution in [0.1, 0.15) is 48.8 Å². The van der Waals surface area contributed by atoms with Gasteiger partial charge in [0.15, 0.2) is 5.82 Å². The number of pyridine rings is 1. The van der Waals surface area contributed by atoms with Gasteiger partial charge in [-0.3, -0.25) is 9.69 Å². The van der Waals surface area contributed by atoms with E-state index in [4.69, 9.17) is 0 Å². The zero-order chi connectivity index (χ0) is 24.8. The Morgan fingerprint density at radius 3 is 2.66 bits per heavy atom. The first-order valence-electron chi connectivity index (χ1n) is 12.2. The van der Waals surface area contributed by atoms with E-state index in [1.807, 2.05) is 48.0 Å². The fourth-order valence-electron chi connectivity index (χ4n) is 4.64. The van der Waals surface area contributed by atoms with E-state index in [-0.39, 0.29) is 24.1 Å². The van der Waals surface area contributed by atoms with Gasteiger partial charge >= 0.3 is 0 Å². The Balaban J connectivity index is 1.64. The summed E-state index contributed by atoms with van der Waals surface area (Å²) in [5, 5.41) is 23.3. The molecule has 2 aromatic carbocycles. The first kappa shape index (κ1) is 24.8. The van der Waals surface area contributed by atoms with Crippen LogP contribution >= 0.6 is 0 Å². The van der Waals surface area contributed by atoms with Gasteiger partial charge in [-0.25, -0.2) is 4.68 Å². The van der Waals surface area contributed by atoms with Crippen LogP contribution in [0.25, 0.3) is 10.9 Å². The summed E-state index contributed by atoms with van der Waals surface area (Å²) in [4.78, 5) is 18.2. The Morgan fingerprint density at radius 1 is 1.11 bits per heavy atom. The molecule has 8 heteroatoms. The van der Waals surface area contributed by atoms with Crippen LogP contribution in [-0.4, -0.2) is 48.3 Å². The van der Waals surface area contributed by atoms with Gasteiger partial charge in [0.05, 0.1) is 6.04 Å². The molecule has 4 rings (SSSR count). The second-order valence-electron chi connectivity index (χ2n) is 9.45. The molecule has 2 N–H and O–H groups in total. The smallest absolute Gasteiger partial charge is 0.252 e. The van der Waals surface area contributed by atoms with E-state index in [0.717, 1.165) is 28.7 Å². The molecule has 2 heterocycles. The molecule has 0 radical (unpaired) electrons. The minimum Gasteiger partial charge on any atom is -0.396 e. The number of hydrogen-bond donors (Lipinski definition) is 2. The third-order valence-electron chi connectivity index (χ3n) is 6.36. The number of rotatable bonds is 11. The molecular formula is C27H34N6O2. The van der Waals surface area contributed by atoms with Crippen molar-refractivity contribution in [2.24, 2.45) is 5.92 Å². The van der Waals surface area contributed by atoms with Crippen molar-refractivity contribution in [1.82, 2.24) is 30.1 Å². The highest BCUT2D eigenvalue weighted by Gasteiger charge is 2.29. The zero-order valence-electron chi connectivity index (χ0n) is 20.7. The van der Waals surface area contributed by atoms with Crippen LogP contribution in [0.4, 0.5) is 0 Å². The molecule has 0 spiro atoms.